The summed E-state index contributed by atoms with van der Waals surface area (Å²) in [7, 11) is 0. The molecule has 0 unspecified atom stereocenters. The standard InChI is InChI=1S/C3H5O.5CH3.Ac.4K/c1-2-3-4;;;;;;;;;;/h2H2,1H3;5*1H3;;;;;/q6*-1;;4*+1. The van der Waals surface area contributed by atoms with Crippen molar-refractivity contribution in [3.05, 3.63) is 37.1 Å². The Morgan fingerprint density at radius 2 is 0.857 bits per heavy atom. The van der Waals surface area contributed by atoms with Gasteiger partial charge >= 0.3 is 206 Å². The predicted molar refractivity (Wildman–Crippen MR) is 48.1 cm³/mol. The molecule has 0 aliphatic heterocycles. The molecule has 0 atom stereocenters. The van der Waals surface area contributed by atoms with Gasteiger partial charge in [-0.05, 0) is 0 Å². The second-order valence-electron chi connectivity index (χ2n) is 0.498. The molecule has 6 heteroatoms. The van der Waals surface area contributed by atoms with E-state index < -0.39 is 0 Å². The first-order valence-corrected chi connectivity index (χ1v) is 1.26. The molecule has 1 nitrogen and oxygen atoms in total. The van der Waals surface area contributed by atoms with Crippen LogP contribution in [0.1, 0.15) is 13.3 Å². The van der Waals surface area contributed by atoms with Crippen molar-refractivity contribution in [3.63, 3.8) is 0 Å². The summed E-state index contributed by atoms with van der Waals surface area (Å²) in [4.78, 5) is 9.05. The minimum absolute atomic E-state index is 0. The number of hydrogen-bond acceptors (Lipinski definition) is 1. The van der Waals surface area contributed by atoms with Crippen LogP contribution in [-0.4, -0.2) is 6.29 Å². The summed E-state index contributed by atoms with van der Waals surface area (Å²) in [6.07, 6.45) is 2.19. The monoisotopic (exact) mass is 515 g/mol. The Kier molecular flexibility index (Phi) is 497. The molecular formula is C8H20AcK4O-2. The number of carbonyl (C=O) groups excluding carboxylic acids is 1. The summed E-state index contributed by atoms with van der Waals surface area (Å²) in [6, 6.07) is 0. The van der Waals surface area contributed by atoms with Gasteiger partial charge < -0.3 is 41.9 Å². The molecule has 0 heterocycles. The van der Waals surface area contributed by atoms with E-state index in [-0.39, 0.29) is 287 Å². The second kappa shape index (κ2) is 85.6. The zero-order valence-electron chi connectivity index (χ0n) is 12.2. The molecule has 67 valence electrons. The summed E-state index contributed by atoms with van der Waals surface area (Å²) < 4.78 is 0. The van der Waals surface area contributed by atoms with Gasteiger partial charge in [-0.2, -0.15) is 6.42 Å². The van der Waals surface area contributed by atoms with Crippen molar-refractivity contribution in [2.24, 2.45) is 0 Å². The SMILES string of the molecule is CC[C-]=O.[Ac].[CH3-].[CH3-].[CH3-].[CH3-].[CH3-].[K+].[K+].[K+].[K+]. The van der Waals surface area contributed by atoms with Gasteiger partial charge in [0, 0.05) is 44.1 Å². The van der Waals surface area contributed by atoms with Crippen molar-refractivity contribution in [2.75, 3.05) is 0 Å². The maximum Gasteiger partial charge on any atom is 1.00 e. The van der Waals surface area contributed by atoms with Gasteiger partial charge in [0.2, 0.25) is 0 Å². The first kappa shape index (κ1) is 81.4. The van der Waals surface area contributed by atoms with Crippen molar-refractivity contribution in [1.82, 2.24) is 0 Å². The van der Waals surface area contributed by atoms with Crippen LogP contribution < -0.4 is 206 Å². The molecule has 0 bridgehead atoms. The van der Waals surface area contributed by atoms with Crippen molar-refractivity contribution >= 4 is 6.29 Å². The van der Waals surface area contributed by atoms with E-state index in [1.165, 1.54) is 0 Å². The molecule has 0 aliphatic rings. The zero-order chi connectivity index (χ0) is 3.41. The normalized spacial score (nSPS) is 1.79. The van der Waals surface area contributed by atoms with Crippen LogP contribution >= 0.6 is 0 Å². The summed E-state index contributed by atoms with van der Waals surface area (Å²) in [5, 5.41) is 0. The second-order valence-corrected chi connectivity index (χ2v) is 0.498. The van der Waals surface area contributed by atoms with E-state index in [2.05, 4.69) is 0 Å². The van der Waals surface area contributed by atoms with Crippen molar-refractivity contribution in [1.29, 1.82) is 0 Å². The van der Waals surface area contributed by atoms with Gasteiger partial charge in [-0.25, -0.2) is 0 Å². The third kappa shape index (κ3) is 91.3. The van der Waals surface area contributed by atoms with E-state index in [0.29, 0.717) is 6.42 Å². The van der Waals surface area contributed by atoms with Gasteiger partial charge in [-0.1, -0.05) is 6.92 Å². The summed E-state index contributed by atoms with van der Waals surface area (Å²) >= 11 is 0. The van der Waals surface area contributed by atoms with E-state index in [0.717, 1.165) is 0 Å². The van der Waals surface area contributed by atoms with Crippen LogP contribution in [0.25, 0.3) is 0 Å². The van der Waals surface area contributed by atoms with Crippen LogP contribution in [0.3, 0.4) is 0 Å². The molecule has 14 heavy (non-hydrogen) atoms. The van der Waals surface area contributed by atoms with Crippen LogP contribution in [0.2, 0.25) is 0 Å². The van der Waals surface area contributed by atoms with E-state index in [1.54, 1.807) is 13.2 Å². The Labute approximate surface area is 300 Å². The molecule has 0 fully saturated rings. The molecule has 0 saturated carbocycles. The van der Waals surface area contributed by atoms with Gasteiger partial charge in [0.15, 0.2) is 0 Å². The van der Waals surface area contributed by atoms with E-state index >= 15 is 0 Å². The Bertz CT molecular complexity index is 35.3. The van der Waals surface area contributed by atoms with E-state index in [4.69, 9.17) is 4.79 Å². The molecule has 0 aromatic rings. The van der Waals surface area contributed by atoms with Gasteiger partial charge in [-0.3, -0.25) is 6.29 Å². The van der Waals surface area contributed by atoms with E-state index in [1.807, 2.05) is 0 Å². The zero-order valence-corrected chi connectivity index (χ0v) is 29.4. The summed E-state index contributed by atoms with van der Waals surface area (Å²) in [5.41, 5.74) is 0. The average molecular weight is 516 g/mol. The van der Waals surface area contributed by atoms with E-state index in [9.17, 15) is 0 Å². The first-order valence-electron chi connectivity index (χ1n) is 1.26. The molecule has 0 aliphatic carbocycles. The van der Waals surface area contributed by atoms with Gasteiger partial charge in [0.1, 0.15) is 0 Å². The fourth-order valence-electron chi connectivity index (χ4n) is 0. The van der Waals surface area contributed by atoms with Crippen molar-refractivity contribution in [3.8, 4) is 0 Å². The number of hydrogen-bond donors (Lipinski definition) is 0. The summed E-state index contributed by atoms with van der Waals surface area (Å²) in [5.74, 6) is 0. The molecule has 0 rings (SSSR count). The van der Waals surface area contributed by atoms with Crippen LogP contribution in [0.5, 0.6) is 0 Å². The van der Waals surface area contributed by atoms with Crippen molar-refractivity contribution < 1.29 is 254 Å². The number of rotatable bonds is 1. The predicted octanol–water partition coefficient (Wildman–Crippen LogP) is -9.23. The van der Waals surface area contributed by atoms with Crippen LogP contribution in [-0.2, 0) is 4.79 Å². The Hall–Kier alpha value is 7.66. The molecule has 0 saturated heterocycles. The molecular weight excluding hydrogens is 495 g/mol. The molecule has 0 amide bonds. The minimum atomic E-state index is 0. The van der Waals surface area contributed by atoms with Gasteiger partial charge in [0.25, 0.3) is 0 Å². The molecule has 1 radical (unpaired) electrons. The Balaban J connectivity index is -0.000000001000. The summed E-state index contributed by atoms with van der Waals surface area (Å²) in [6.45, 7) is 1.76. The average Bonchev–Trinajstić information content (AvgIpc) is 1.37. The van der Waals surface area contributed by atoms with Crippen LogP contribution in [0.4, 0.5) is 0 Å². The Morgan fingerprint density at radius 1 is 0.786 bits per heavy atom. The maximum absolute atomic E-state index is 9.05. The topological polar surface area (TPSA) is 17.1 Å². The minimum Gasteiger partial charge on any atom is -0.542 e. The van der Waals surface area contributed by atoms with Crippen molar-refractivity contribution in [2.45, 2.75) is 13.3 Å². The van der Waals surface area contributed by atoms with Crippen LogP contribution in [0, 0.1) is 81.2 Å². The third-order valence-electron chi connectivity index (χ3n) is 0.144. The molecule has 0 aromatic heterocycles. The maximum atomic E-state index is 9.05. The molecule has 0 aromatic carbocycles. The first-order chi connectivity index (χ1) is 1.91. The molecule has 0 N–H and O–H groups in total. The Morgan fingerprint density at radius 3 is 0.857 bits per heavy atom. The third-order valence-corrected chi connectivity index (χ3v) is 0.144. The van der Waals surface area contributed by atoms with Gasteiger partial charge in [0.05, 0.1) is 0 Å². The largest absolute Gasteiger partial charge is 1.00 e. The fraction of sp³-hybridized carbons (Fsp3) is 0.250. The molecule has 0 spiro atoms. The van der Waals surface area contributed by atoms with Gasteiger partial charge in [-0.15, -0.1) is 0 Å². The van der Waals surface area contributed by atoms with Crippen LogP contribution in [0.15, 0.2) is 0 Å². The fourth-order valence-corrected chi connectivity index (χ4v) is 0. The quantitative estimate of drug-likeness (QED) is 0.251. The smallest absolute Gasteiger partial charge is 0.542 e.